The molecule has 148 valence electrons. The van der Waals surface area contributed by atoms with E-state index in [9.17, 15) is 9.18 Å². The van der Waals surface area contributed by atoms with Gasteiger partial charge in [0, 0.05) is 32.1 Å². The average Bonchev–Trinajstić information content (AvgIpc) is 3.18. The topological polar surface area (TPSA) is 67.4 Å². The maximum absolute atomic E-state index is 13.9. The lowest BCUT2D eigenvalue weighted by molar-refractivity contribution is 0.0259. The summed E-state index contributed by atoms with van der Waals surface area (Å²) < 4.78 is 19.9. The molecule has 1 aromatic heterocycles. The number of hydrogen-bond acceptors (Lipinski definition) is 5. The molecule has 1 aromatic carbocycles. The van der Waals surface area contributed by atoms with Crippen molar-refractivity contribution in [3.05, 3.63) is 53.6 Å². The first-order valence-electron chi connectivity index (χ1n) is 9.82. The molecule has 1 amide bonds. The van der Waals surface area contributed by atoms with E-state index in [1.165, 1.54) is 6.07 Å². The van der Waals surface area contributed by atoms with Crippen LogP contribution in [0.15, 0.2) is 36.7 Å². The fraction of sp³-hybridized carbons (Fsp3) is 0.476. The number of rotatable bonds is 4. The summed E-state index contributed by atoms with van der Waals surface area (Å²) in [5.41, 5.74) is 1.17. The van der Waals surface area contributed by atoms with Crippen molar-refractivity contribution in [3.63, 3.8) is 0 Å². The molecule has 2 saturated heterocycles. The number of amides is 1. The Hall–Kier alpha value is -2.54. The van der Waals surface area contributed by atoms with E-state index < -0.39 is 5.82 Å². The number of nitrogens with zero attached hydrogens (tertiary/aromatic N) is 3. The van der Waals surface area contributed by atoms with Crippen LogP contribution in [0.5, 0.6) is 0 Å². The number of hydrogen-bond donors (Lipinski definition) is 1. The van der Waals surface area contributed by atoms with Crippen molar-refractivity contribution in [3.8, 4) is 0 Å². The molecule has 2 atom stereocenters. The lowest BCUT2D eigenvalue weighted by Gasteiger charge is -2.36. The Morgan fingerprint density at radius 1 is 1.18 bits per heavy atom. The Kier molecular flexibility index (Phi) is 5.52. The van der Waals surface area contributed by atoms with Gasteiger partial charge in [-0.05, 0) is 49.8 Å². The van der Waals surface area contributed by atoms with Crippen LogP contribution in [0.1, 0.15) is 35.2 Å². The number of anilines is 1. The maximum atomic E-state index is 13.9. The van der Waals surface area contributed by atoms with Gasteiger partial charge in [-0.2, -0.15) is 0 Å². The van der Waals surface area contributed by atoms with E-state index >= 15 is 0 Å². The summed E-state index contributed by atoms with van der Waals surface area (Å²) in [5.74, 6) is 0.288. The zero-order chi connectivity index (χ0) is 19.5. The number of piperidine rings is 1. The number of benzene rings is 1. The van der Waals surface area contributed by atoms with Crippen molar-refractivity contribution < 1.29 is 13.9 Å². The largest absolute Gasteiger partial charge is 0.376 e. The van der Waals surface area contributed by atoms with Gasteiger partial charge < -0.3 is 15.0 Å². The van der Waals surface area contributed by atoms with Crippen LogP contribution >= 0.6 is 0 Å². The third-order valence-corrected chi connectivity index (χ3v) is 5.63. The first kappa shape index (κ1) is 18.8. The molecule has 2 aromatic rings. The molecule has 6 nitrogen and oxygen atoms in total. The van der Waals surface area contributed by atoms with Gasteiger partial charge in [-0.1, -0.05) is 12.1 Å². The lowest BCUT2D eigenvalue weighted by Crippen LogP contribution is -2.45. The molecule has 28 heavy (non-hydrogen) atoms. The number of aryl methyl sites for hydroxylation is 1. The molecule has 0 aliphatic carbocycles. The van der Waals surface area contributed by atoms with Crippen molar-refractivity contribution in [1.29, 1.82) is 0 Å². The molecular weight excluding hydrogens is 359 g/mol. The first-order valence-corrected chi connectivity index (χ1v) is 9.82. The molecule has 4 rings (SSSR count). The Balaban J connectivity index is 1.35. The second-order valence-corrected chi connectivity index (χ2v) is 7.57. The molecule has 0 unspecified atom stereocenters. The van der Waals surface area contributed by atoms with Crippen molar-refractivity contribution in [2.75, 3.05) is 25.0 Å². The Labute approximate surface area is 164 Å². The van der Waals surface area contributed by atoms with Gasteiger partial charge in [0.05, 0.1) is 17.7 Å². The van der Waals surface area contributed by atoms with Crippen molar-refractivity contribution in [1.82, 2.24) is 14.9 Å². The summed E-state index contributed by atoms with van der Waals surface area (Å²) in [7, 11) is 0. The Morgan fingerprint density at radius 3 is 2.61 bits per heavy atom. The highest BCUT2D eigenvalue weighted by Gasteiger charge is 2.37. The fourth-order valence-electron chi connectivity index (χ4n) is 4.10. The van der Waals surface area contributed by atoms with E-state index in [-0.39, 0.29) is 23.6 Å². The van der Waals surface area contributed by atoms with Gasteiger partial charge in [-0.3, -0.25) is 4.79 Å². The van der Waals surface area contributed by atoms with Crippen LogP contribution in [0.4, 0.5) is 10.3 Å². The molecule has 0 saturated carbocycles. The molecule has 7 heteroatoms. The maximum Gasteiger partial charge on any atom is 0.256 e. The van der Waals surface area contributed by atoms with Gasteiger partial charge in [0.1, 0.15) is 5.82 Å². The number of carbonyl (C=O) groups excluding carboxylic acids is 1. The number of likely N-dealkylation sites (tertiary alicyclic amines) is 1. The third kappa shape index (κ3) is 3.99. The van der Waals surface area contributed by atoms with Crippen LogP contribution in [-0.4, -0.2) is 52.6 Å². The van der Waals surface area contributed by atoms with Gasteiger partial charge >= 0.3 is 0 Å². The summed E-state index contributed by atoms with van der Waals surface area (Å²) in [4.78, 5) is 23.0. The number of halogens is 1. The Bertz CT molecular complexity index is 821. The first-order chi connectivity index (χ1) is 13.6. The molecule has 0 radical (unpaired) electrons. The molecule has 2 aliphatic heterocycles. The van der Waals surface area contributed by atoms with E-state index in [0.29, 0.717) is 31.6 Å². The number of nitrogens with one attached hydrogen (secondary N) is 1. The Morgan fingerprint density at radius 2 is 1.89 bits per heavy atom. The van der Waals surface area contributed by atoms with Crippen molar-refractivity contribution >= 4 is 11.9 Å². The lowest BCUT2D eigenvalue weighted by atomic mass is 9.87. The second kappa shape index (κ2) is 8.22. The van der Waals surface area contributed by atoms with Gasteiger partial charge in [0.15, 0.2) is 0 Å². The highest BCUT2D eigenvalue weighted by atomic mass is 19.1. The second-order valence-electron chi connectivity index (χ2n) is 7.57. The summed E-state index contributed by atoms with van der Waals surface area (Å²) in [6.07, 6.45) is 6.28. The molecule has 0 spiro atoms. The van der Waals surface area contributed by atoms with E-state index in [0.717, 1.165) is 24.8 Å². The van der Waals surface area contributed by atoms with Crippen LogP contribution in [-0.2, 0) is 4.74 Å². The molecule has 3 heterocycles. The van der Waals surface area contributed by atoms with Gasteiger partial charge in [0.25, 0.3) is 5.91 Å². The van der Waals surface area contributed by atoms with Crippen LogP contribution in [0.3, 0.4) is 0 Å². The summed E-state index contributed by atoms with van der Waals surface area (Å²) in [5, 5.41) is 3.41. The van der Waals surface area contributed by atoms with Crippen LogP contribution in [0, 0.1) is 18.7 Å². The fourth-order valence-corrected chi connectivity index (χ4v) is 4.10. The zero-order valence-corrected chi connectivity index (χ0v) is 16.0. The van der Waals surface area contributed by atoms with Crippen LogP contribution in [0.25, 0.3) is 0 Å². The van der Waals surface area contributed by atoms with Crippen LogP contribution < -0.4 is 5.32 Å². The average molecular weight is 384 g/mol. The standard InChI is InChI=1S/C21H25FN4O2/c1-14-12-23-21(24-13-14)25-18-8-11-28-19(18)15-6-9-26(10-7-15)20(27)16-4-2-3-5-17(16)22/h2-5,12-13,15,18-19H,6-11H2,1H3,(H,23,24,25)/t18-,19+/m1/s1. The van der Waals surface area contributed by atoms with E-state index in [4.69, 9.17) is 4.74 Å². The van der Waals surface area contributed by atoms with E-state index in [1.807, 2.05) is 6.92 Å². The van der Waals surface area contributed by atoms with Crippen LogP contribution in [0.2, 0.25) is 0 Å². The van der Waals surface area contributed by atoms with Gasteiger partial charge in [0.2, 0.25) is 5.95 Å². The number of ether oxygens (including phenoxy) is 1. The number of aromatic nitrogens is 2. The summed E-state index contributed by atoms with van der Waals surface area (Å²) >= 11 is 0. The minimum atomic E-state index is -0.462. The molecule has 2 fully saturated rings. The molecular formula is C21H25FN4O2. The number of carbonyl (C=O) groups is 1. The zero-order valence-electron chi connectivity index (χ0n) is 16.0. The molecule has 2 aliphatic rings. The van der Waals surface area contributed by atoms with Crippen molar-refractivity contribution in [2.24, 2.45) is 5.92 Å². The smallest absolute Gasteiger partial charge is 0.256 e. The summed E-state index contributed by atoms with van der Waals surface area (Å²) in [6.45, 7) is 3.90. The van der Waals surface area contributed by atoms with Crippen molar-refractivity contribution in [2.45, 2.75) is 38.3 Å². The molecule has 0 bridgehead atoms. The predicted molar refractivity (Wildman–Crippen MR) is 104 cm³/mol. The minimum absolute atomic E-state index is 0.0793. The van der Waals surface area contributed by atoms with Gasteiger partial charge in [-0.25, -0.2) is 14.4 Å². The quantitative estimate of drug-likeness (QED) is 0.878. The highest BCUT2D eigenvalue weighted by Crippen LogP contribution is 2.31. The van der Waals surface area contributed by atoms with E-state index in [1.54, 1.807) is 35.5 Å². The predicted octanol–water partition coefficient (Wildman–Crippen LogP) is 3.05. The minimum Gasteiger partial charge on any atom is -0.376 e. The highest BCUT2D eigenvalue weighted by molar-refractivity contribution is 5.94. The monoisotopic (exact) mass is 384 g/mol. The SMILES string of the molecule is Cc1cnc(N[C@@H]2CCO[C@H]2C2CCN(C(=O)c3ccccc3F)CC2)nc1. The van der Waals surface area contributed by atoms with Gasteiger partial charge in [-0.15, -0.1) is 0 Å². The molecule has 1 N–H and O–H groups in total. The van der Waals surface area contributed by atoms with E-state index in [2.05, 4.69) is 15.3 Å². The summed E-state index contributed by atoms with van der Waals surface area (Å²) in [6, 6.07) is 6.34. The third-order valence-electron chi connectivity index (χ3n) is 5.63. The normalized spacial score (nSPS) is 23.0.